The van der Waals surface area contributed by atoms with Crippen LogP contribution in [0.5, 0.6) is 0 Å². The predicted molar refractivity (Wildman–Crippen MR) is 127 cm³/mol. The molecule has 4 nitrogen and oxygen atoms in total. The highest BCUT2D eigenvalue weighted by Crippen LogP contribution is 2.42. The maximum atomic E-state index is 13.6. The number of halogens is 1. The van der Waals surface area contributed by atoms with Crippen LogP contribution in [-0.4, -0.2) is 15.6 Å². The summed E-state index contributed by atoms with van der Waals surface area (Å²) in [7, 11) is 0. The third-order valence-corrected chi connectivity index (χ3v) is 7.17. The molecule has 4 rings (SSSR count). The zero-order chi connectivity index (χ0) is 22.9. The number of hydrogen-bond donors (Lipinski definition) is 1. The Morgan fingerprint density at radius 2 is 1.78 bits per heavy atom. The molecule has 1 aliphatic heterocycles. The summed E-state index contributed by atoms with van der Waals surface area (Å²) in [5.74, 6) is 0.599. The van der Waals surface area contributed by atoms with Gasteiger partial charge in [-0.3, -0.25) is 4.79 Å². The number of aromatic nitrogens is 2. The first-order valence-corrected chi connectivity index (χ1v) is 11.5. The number of anilines is 1. The maximum absolute atomic E-state index is 13.6. The molecule has 2 heterocycles. The number of benzene rings is 2. The molecule has 0 aliphatic carbocycles. The van der Waals surface area contributed by atoms with Gasteiger partial charge >= 0.3 is 0 Å². The molecule has 32 heavy (non-hydrogen) atoms. The highest BCUT2D eigenvalue weighted by atomic mass is 19.1. The van der Waals surface area contributed by atoms with Crippen LogP contribution in [0.1, 0.15) is 80.9 Å². The van der Waals surface area contributed by atoms with Crippen LogP contribution in [-0.2, 0) is 11.0 Å². The van der Waals surface area contributed by atoms with Crippen LogP contribution in [0.25, 0.3) is 0 Å². The number of nitrogens with zero attached hydrogens (tertiary/aromatic N) is 2. The van der Waals surface area contributed by atoms with Gasteiger partial charge in [0.25, 0.3) is 0 Å². The van der Waals surface area contributed by atoms with Crippen LogP contribution in [0, 0.1) is 5.82 Å². The predicted octanol–water partition coefficient (Wildman–Crippen LogP) is 6.65. The molecule has 1 atom stereocenters. The second-order valence-corrected chi connectivity index (χ2v) is 9.54. The van der Waals surface area contributed by atoms with Crippen molar-refractivity contribution in [1.29, 1.82) is 0 Å². The Hall–Kier alpha value is -2.95. The summed E-state index contributed by atoms with van der Waals surface area (Å²) >= 11 is 0. The summed E-state index contributed by atoms with van der Waals surface area (Å²) in [6.07, 6.45) is 4.55. The van der Waals surface area contributed by atoms with Crippen molar-refractivity contribution in [3.63, 3.8) is 0 Å². The molecule has 5 heteroatoms. The van der Waals surface area contributed by atoms with Gasteiger partial charge in [0, 0.05) is 11.8 Å². The molecule has 1 aliphatic rings. The quantitative estimate of drug-likeness (QED) is 0.425. The molecular formula is C27H32FN3O. The van der Waals surface area contributed by atoms with Crippen LogP contribution < -0.4 is 5.32 Å². The van der Waals surface area contributed by atoms with Gasteiger partial charge in [0.2, 0.25) is 0 Å². The van der Waals surface area contributed by atoms with Crippen LogP contribution >= 0.6 is 0 Å². The summed E-state index contributed by atoms with van der Waals surface area (Å²) in [6, 6.07) is 17.0. The minimum atomic E-state index is -0.331. The van der Waals surface area contributed by atoms with Crippen molar-refractivity contribution in [1.82, 2.24) is 9.78 Å². The van der Waals surface area contributed by atoms with E-state index in [1.807, 2.05) is 35.0 Å². The van der Waals surface area contributed by atoms with Crippen molar-refractivity contribution in [3.8, 4) is 0 Å². The summed E-state index contributed by atoms with van der Waals surface area (Å²) in [4.78, 5) is 13.6. The lowest BCUT2D eigenvalue weighted by Gasteiger charge is -2.38. The smallest absolute Gasteiger partial charge is 0.169 e. The van der Waals surface area contributed by atoms with E-state index in [-0.39, 0.29) is 28.6 Å². The van der Waals surface area contributed by atoms with Gasteiger partial charge < -0.3 is 5.32 Å². The SMILES string of the molecule is CCC(CC)(CC(=O)c1cnn2c1NC(c1ccccc1)CC2(C)C)c1ccc(F)cc1. The van der Waals surface area contributed by atoms with Gasteiger partial charge in [0.15, 0.2) is 5.78 Å². The fourth-order valence-corrected chi connectivity index (χ4v) is 5.06. The Morgan fingerprint density at radius 3 is 2.41 bits per heavy atom. The first-order chi connectivity index (χ1) is 15.3. The van der Waals surface area contributed by atoms with Crippen molar-refractivity contribution in [2.75, 3.05) is 5.32 Å². The van der Waals surface area contributed by atoms with E-state index in [2.05, 4.69) is 50.2 Å². The summed E-state index contributed by atoms with van der Waals surface area (Å²) in [5, 5.41) is 8.21. The summed E-state index contributed by atoms with van der Waals surface area (Å²) in [6.45, 7) is 8.52. The Labute approximate surface area is 189 Å². The van der Waals surface area contributed by atoms with Gasteiger partial charge in [-0.1, -0.05) is 56.3 Å². The molecule has 0 fully saturated rings. The molecule has 0 saturated heterocycles. The lowest BCUT2D eigenvalue weighted by molar-refractivity contribution is 0.0944. The number of fused-ring (bicyclic) bond motifs is 1. The molecular weight excluding hydrogens is 401 g/mol. The Balaban J connectivity index is 1.67. The first-order valence-electron chi connectivity index (χ1n) is 11.5. The highest BCUT2D eigenvalue weighted by Gasteiger charge is 2.38. The topological polar surface area (TPSA) is 46.9 Å². The molecule has 2 aromatic carbocycles. The largest absolute Gasteiger partial charge is 0.363 e. The van der Waals surface area contributed by atoms with Crippen LogP contribution in [0.2, 0.25) is 0 Å². The van der Waals surface area contributed by atoms with E-state index in [0.29, 0.717) is 12.0 Å². The number of carbonyl (C=O) groups excluding carboxylic acids is 1. The molecule has 0 amide bonds. The van der Waals surface area contributed by atoms with Crippen molar-refractivity contribution >= 4 is 11.6 Å². The molecule has 0 radical (unpaired) electrons. The lowest BCUT2D eigenvalue weighted by atomic mass is 9.71. The Morgan fingerprint density at radius 1 is 1.12 bits per heavy atom. The average Bonchev–Trinajstić information content (AvgIpc) is 3.24. The lowest BCUT2D eigenvalue weighted by Crippen LogP contribution is -2.38. The van der Waals surface area contributed by atoms with E-state index in [1.54, 1.807) is 6.20 Å². The van der Waals surface area contributed by atoms with Crippen molar-refractivity contribution < 1.29 is 9.18 Å². The van der Waals surface area contributed by atoms with Crippen molar-refractivity contribution in [2.24, 2.45) is 0 Å². The van der Waals surface area contributed by atoms with E-state index < -0.39 is 0 Å². The van der Waals surface area contributed by atoms with Gasteiger partial charge in [-0.05, 0) is 56.4 Å². The number of hydrogen-bond acceptors (Lipinski definition) is 3. The van der Waals surface area contributed by atoms with Crippen LogP contribution in [0.4, 0.5) is 10.2 Å². The third kappa shape index (κ3) is 3.96. The molecule has 0 saturated carbocycles. The zero-order valence-corrected chi connectivity index (χ0v) is 19.4. The number of Topliss-reactive ketones (excluding diaryl/α,β-unsaturated/α-hetero) is 1. The zero-order valence-electron chi connectivity index (χ0n) is 19.4. The van der Waals surface area contributed by atoms with Crippen molar-refractivity contribution in [2.45, 2.75) is 70.4 Å². The van der Waals surface area contributed by atoms with E-state index in [1.165, 1.54) is 17.7 Å². The fourth-order valence-electron chi connectivity index (χ4n) is 5.06. The molecule has 3 aromatic rings. The average molecular weight is 434 g/mol. The van der Waals surface area contributed by atoms with Crippen LogP contribution in [0.15, 0.2) is 60.8 Å². The minimum absolute atomic E-state index is 0.0660. The molecule has 1 aromatic heterocycles. The monoisotopic (exact) mass is 433 g/mol. The van der Waals surface area contributed by atoms with E-state index in [4.69, 9.17) is 0 Å². The molecule has 1 N–H and O–H groups in total. The fraction of sp³-hybridized carbons (Fsp3) is 0.407. The van der Waals surface area contributed by atoms with Gasteiger partial charge in [-0.2, -0.15) is 5.10 Å². The molecule has 1 unspecified atom stereocenters. The van der Waals surface area contributed by atoms with E-state index >= 15 is 0 Å². The second kappa shape index (κ2) is 8.53. The number of ketones is 1. The standard InChI is InChI=1S/C27H32FN3O/c1-5-27(6-2,20-12-14-21(28)15-13-20)17-24(32)22-18-29-31-25(22)30-23(16-26(31,3)4)19-10-8-7-9-11-19/h7-15,18,23,30H,5-6,16-17H2,1-4H3. The van der Waals surface area contributed by atoms with E-state index in [9.17, 15) is 9.18 Å². The van der Waals surface area contributed by atoms with Crippen molar-refractivity contribution in [3.05, 3.63) is 83.3 Å². The van der Waals surface area contributed by atoms with Gasteiger partial charge in [-0.15, -0.1) is 0 Å². The molecule has 168 valence electrons. The normalized spacial score (nSPS) is 17.5. The first kappa shape index (κ1) is 22.3. The second-order valence-electron chi connectivity index (χ2n) is 9.54. The Kier molecular flexibility index (Phi) is 5.93. The number of nitrogens with one attached hydrogen (secondary N) is 1. The molecule has 0 bridgehead atoms. The Bertz CT molecular complexity index is 1080. The van der Waals surface area contributed by atoms with Gasteiger partial charge in [-0.25, -0.2) is 9.07 Å². The van der Waals surface area contributed by atoms with E-state index in [0.717, 1.165) is 30.6 Å². The minimum Gasteiger partial charge on any atom is -0.363 e. The highest BCUT2D eigenvalue weighted by molar-refractivity contribution is 6.01. The molecule has 0 spiro atoms. The van der Waals surface area contributed by atoms with Gasteiger partial charge in [0.05, 0.1) is 23.3 Å². The number of rotatable bonds is 7. The maximum Gasteiger partial charge on any atom is 0.169 e. The van der Waals surface area contributed by atoms with Gasteiger partial charge in [0.1, 0.15) is 11.6 Å². The summed E-state index contributed by atoms with van der Waals surface area (Å²) in [5.41, 5.74) is 2.29. The third-order valence-electron chi connectivity index (χ3n) is 7.17. The van der Waals surface area contributed by atoms with Crippen LogP contribution in [0.3, 0.4) is 0 Å². The number of carbonyl (C=O) groups is 1. The summed E-state index contributed by atoms with van der Waals surface area (Å²) < 4.78 is 15.5.